The van der Waals surface area contributed by atoms with Crippen molar-refractivity contribution in [2.75, 3.05) is 19.0 Å². The number of hydrogen-bond acceptors (Lipinski definition) is 3. The van der Waals surface area contributed by atoms with Crippen LogP contribution >= 0.6 is 0 Å². The molecule has 2 rings (SSSR count). The number of halogens is 1. The molecule has 0 atom stereocenters. The molecule has 114 valence electrons. The fourth-order valence-electron chi connectivity index (χ4n) is 2.51. The Morgan fingerprint density at radius 3 is 2.48 bits per heavy atom. The van der Waals surface area contributed by atoms with Crippen LogP contribution in [-0.4, -0.2) is 36.6 Å². The lowest BCUT2D eigenvalue weighted by atomic mass is 10.2. The van der Waals surface area contributed by atoms with E-state index in [1.54, 1.807) is 0 Å². The summed E-state index contributed by atoms with van der Waals surface area (Å²) in [6.07, 6.45) is 3.86. The first kappa shape index (κ1) is 15.3. The van der Waals surface area contributed by atoms with E-state index in [4.69, 9.17) is 0 Å². The molecule has 0 bridgehead atoms. The number of nitrogens with one attached hydrogen (secondary N) is 1. The predicted octanol–water partition coefficient (Wildman–Crippen LogP) is 2.78. The Labute approximate surface area is 123 Å². The van der Waals surface area contributed by atoms with Crippen molar-refractivity contribution >= 4 is 17.7 Å². The van der Waals surface area contributed by atoms with Crippen molar-refractivity contribution in [2.45, 2.75) is 31.7 Å². The second kappa shape index (κ2) is 7.06. The molecule has 5 nitrogen and oxygen atoms in total. The third-order valence-electron chi connectivity index (χ3n) is 3.65. The molecule has 0 radical (unpaired) electrons. The number of anilines is 1. The summed E-state index contributed by atoms with van der Waals surface area (Å²) in [5.41, 5.74) is 0.495. The number of hydrogen-bond donors (Lipinski definition) is 1. The lowest BCUT2D eigenvalue weighted by Crippen LogP contribution is -2.44. The largest absolute Gasteiger partial charge is 0.468 e. The number of ether oxygens (including phenoxy) is 1. The molecule has 1 aliphatic rings. The van der Waals surface area contributed by atoms with E-state index in [0.717, 1.165) is 25.7 Å². The van der Waals surface area contributed by atoms with Gasteiger partial charge >= 0.3 is 12.0 Å². The van der Waals surface area contributed by atoms with E-state index in [9.17, 15) is 14.0 Å². The summed E-state index contributed by atoms with van der Waals surface area (Å²) < 4.78 is 17.5. The Kier molecular flexibility index (Phi) is 5.14. The molecule has 0 unspecified atom stereocenters. The Hall–Kier alpha value is -2.11. The van der Waals surface area contributed by atoms with Gasteiger partial charge in [-0.2, -0.15) is 0 Å². The van der Waals surface area contributed by atoms with Gasteiger partial charge in [-0.1, -0.05) is 12.8 Å². The third-order valence-corrected chi connectivity index (χ3v) is 3.65. The van der Waals surface area contributed by atoms with E-state index >= 15 is 0 Å². The summed E-state index contributed by atoms with van der Waals surface area (Å²) in [6.45, 7) is -0.0752. The van der Waals surface area contributed by atoms with Crippen LogP contribution in [0.2, 0.25) is 0 Å². The highest BCUT2D eigenvalue weighted by molar-refractivity contribution is 5.91. The van der Waals surface area contributed by atoms with Crippen molar-refractivity contribution in [3.8, 4) is 0 Å². The van der Waals surface area contributed by atoms with Crippen LogP contribution in [0.3, 0.4) is 0 Å². The Bertz CT molecular complexity index is 498. The molecule has 0 aromatic heterocycles. The monoisotopic (exact) mass is 294 g/mol. The molecule has 0 saturated heterocycles. The fourth-order valence-corrected chi connectivity index (χ4v) is 2.51. The summed E-state index contributed by atoms with van der Waals surface area (Å²) in [7, 11) is 1.30. The van der Waals surface area contributed by atoms with Gasteiger partial charge in [0, 0.05) is 11.7 Å². The first-order valence-corrected chi connectivity index (χ1v) is 7.00. The second-order valence-corrected chi connectivity index (χ2v) is 5.08. The molecule has 0 heterocycles. The van der Waals surface area contributed by atoms with E-state index in [0.29, 0.717) is 5.69 Å². The highest BCUT2D eigenvalue weighted by Crippen LogP contribution is 2.24. The average Bonchev–Trinajstić information content (AvgIpc) is 3.00. The summed E-state index contributed by atoms with van der Waals surface area (Å²) in [5.74, 6) is -0.814. The molecule has 0 spiro atoms. The zero-order valence-corrected chi connectivity index (χ0v) is 12.0. The van der Waals surface area contributed by atoms with Crippen molar-refractivity contribution in [1.29, 1.82) is 0 Å². The number of amides is 2. The topological polar surface area (TPSA) is 58.6 Å². The van der Waals surface area contributed by atoms with Gasteiger partial charge in [-0.25, -0.2) is 9.18 Å². The van der Waals surface area contributed by atoms with E-state index in [-0.39, 0.29) is 24.4 Å². The van der Waals surface area contributed by atoms with Gasteiger partial charge in [-0.3, -0.25) is 4.79 Å². The zero-order chi connectivity index (χ0) is 15.2. The van der Waals surface area contributed by atoms with Crippen LogP contribution in [0.5, 0.6) is 0 Å². The van der Waals surface area contributed by atoms with Crippen LogP contribution in [0.4, 0.5) is 14.9 Å². The molecule has 1 aromatic carbocycles. The number of esters is 1. The van der Waals surface area contributed by atoms with Gasteiger partial charge in [0.05, 0.1) is 7.11 Å². The van der Waals surface area contributed by atoms with Crippen molar-refractivity contribution in [1.82, 2.24) is 4.90 Å². The molecule has 6 heteroatoms. The summed E-state index contributed by atoms with van der Waals surface area (Å²) in [5, 5.41) is 2.69. The first-order chi connectivity index (χ1) is 10.1. The zero-order valence-electron chi connectivity index (χ0n) is 12.0. The van der Waals surface area contributed by atoms with Crippen molar-refractivity contribution < 1.29 is 18.7 Å². The van der Waals surface area contributed by atoms with Gasteiger partial charge in [0.15, 0.2) is 0 Å². The van der Waals surface area contributed by atoms with E-state index in [2.05, 4.69) is 10.1 Å². The highest BCUT2D eigenvalue weighted by Gasteiger charge is 2.28. The summed E-state index contributed by atoms with van der Waals surface area (Å²) >= 11 is 0. The minimum Gasteiger partial charge on any atom is -0.468 e. The molecular formula is C15H19FN2O3. The van der Waals surface area contributed by atoms with Gasteiger partial charge in [0.2, 0.25) is 0 Å². The lowest BCUT2D eigenvalue weighted by molar-refractivity contribution is -0.141. The van der Waals surface area contributed by atoms with Crippen LogP contribution in [-0.2, 0) is 9.53 Å². The predicted molar refractivity (Wildman–Crippen MR) is 76.4 cm³/mol. The van der Waals surface area contributed by atoms with Crippen LogP contribution in [0.25, 0.3) is 0 Å². The molecule has 1 aliphatic carbocycles. The van der Waals surface area contributed by atoms with Gasteiger partial charge in [0.25, 0.3) is 0 Å². The summed E-state index contributed by atoms with van der Waals surface area (Å²) in [6, 6.07) is 5.20. The number of carbonyl (C=O) groups is 2. The van der Waals surface area contributed by atoms with E-state index in [1.807, 2.05) is 0 Å². The number of rotatable bonds is 4. The smallest absolute Gasteiger partial charge is 0.325 e. The molecule has 1 aromatic rings. The van der Waals surface area contributed by atoms with Gasteiger partial charge < -0.3 is 15.0 Å². The first-order valence-electron chi connectivity index (χ1n) is 7.00. The quantitative estimate of drug-likeness (QED) is 0.869. The number of nitrogens with zero attached hydrogens (tertiary/aromatic N) is 1. The number of benzene rings is 1. The number of methoxy groups -OCH3 is 1. The van der Waals surface area contributed by atoms with Crippen LogP contribution < -0.4 is 5.32 Å². The maximum Gasteiger partial charge on any atom is 0.325 e. The van der Waals surface area contributed by atoms with Crippen molar-refractivity contribution in [2.24, 2.45) is 0 Å². The molecule has 2 amide bonds. The number of urea groups is 1. The average molecular weight is 294 g/mol. The highest BCUT2D eigenvalue weighted by atomic mass is 19.1. The van der Waals surface area contributed by atoms with E-state index in [1.165, 1.54) is 36.3 Å². The van der Waals surface area contributed by atoms with E-state index < -0.39 is 5.97 Å². The van der Waals surface area contributed by atoms with Gasteiger partial charge in [0.1, 0.15) is 12.4 Å². The minimum atomic E-state index is -0.448. The van der Waals surface area contributed by atoms with Crippen LogP contribution in [0, 0.1) is 5.82 Å². The van der Waals surface area contributed by atoms with Crippen LogP contribution in [0.1, 0.15) is 25.7 Å². The lowest BCUT2D eigenvalue weighted by Gasteiger charge is -2.28. The molecule has 1 saturated carbocycles. The Balaban J connectivity index is 2.05. The summed E-state index contributed by atoms with van der Waals surface area (Å²) in [4.78, 5) is 25.3. The van der Waals surface area contributed by atoms with Gasteiger partial charge in [-0.05, 0) is 37.1 Å². The number of carbonyl (C=O) groups excluding carboxylic acids is 2. The Morgan fingerprint density at radius 1 is 1.29 bits per heavy atom. The van der Waals surface area contributed by atoms with Crippen molar-refractivity contribution in [3.05, 3.63) is 30.1 Å². The molecule has 1 N–H and O–H groups in total. The second-order valence-electron chi connectivity index (χ2n) is 5.08. The molecule has 1 fully saturated rings. The fraction of sp³-hybridized carbons (Fsp3) is 0.467. The normalized spacial score (nSPS) is 14.8. The van der Waals surface area contributed by atoms with Crippen LogP contribution in [0.15, 0.2) is 24.3 Å². The maximum atomic E-state index is 12.9. The standard InChI is InChI=1S/C15H19FN2O3/c1-21-14(19)10-18(13-4-2-3-5-13)15(20)17-12-8-6-11(16)7-9-12/h6-9,13H,2-5,10H2,1H3,(H,17,20). The molecule has 21 heavy (non-hydrogen) atoms. The van der Waals surface area contributed by atoms with Gasteiger partial charge in [-0.15, -0.1) is 0 Å². The third kappa shape index (κ3) is 4.18. The SMILES string of the molecule is COC(=O)CN(C(=O)Nc1ccc(F)cc1)C1CCCC1. The van der Waals surface area contributed by atoms with Crippen molar-refractivity contribution in [3.63, 3.8) is 0 Å². The minimum absolute atomic E-state index is 0.0459. The maximum absolute atomic E-state index is 12.9. The molecular weight excluding hydrogens is 275 g/mol. The Morgan fingerprint density at radius 2 is 1.90 bits per heavy atom. The molecule has 0 aliphatic heterocycles.